The van der Waals surface area contributed by atoms with Gasteiger partial charge in [-0.05, 0) is 51.7 Å². The summed E-state index contributed by atoms with van der Waals surface area (Å²) in [5, 5.41) is 3.64. The Hall–Kier alpha value is -0.120. The Bertz CT molecular complexity index is 229. The fraction of sp³-hybridized carbons (Fsp3) is 1.00. The average Bonchev–Trinajstić information content (AvgIpc) is 2.43. The molecule has 1 unspecified atom stereocenters. The second-order valence-corrected chi connectivity index (χ2v) is 6.17. The Morgan fingerprint density at radius 3 is 2.68 bits per heavy atom. The minimum Gasteiger partial charge on any atom is -0.377 e. The topological polar surface area (TPSA) is 24.5 Å². The lowest BCUT2D eigenvalue weighted by Crippen LogP contribution is -2.40. The highest BCUT2D eigenvalue weighted by Gasteiger charge is 2.16. The van der Waals surface area contributed by atoms with Crippen LogP contribution in [0.15, 0.2) is 0 Å². The summed E-state index contributed by atoms with van der Waals surface area (Å²) in [7, 11) is 0. The molecule has 112 valence electrons. The van der Waals surface area contributed by atoms with E-state index in [9.17, 15) is 0 Å². The van der Waals surface area contributed by atoms with Gasteiger partial charge in [0, 0.05) is 12.6 Å². The van der Waals surface area contributed by atoms with Crippen molar-refractivity contribution in [3.05, 3.63) is 0 Å². The van der Waals surface area contributed by atoms with Crippen LogP contribution in [0.5, 0.6) is 0 Å². The first-order valence-electron chi connectivity index (χ1n) is 8.46. The minimum absolute atomic E-state index is 0.563. The molecule has 1 heterocycles. The standard InChI is InChI=1S/C16H32N2O/c1-2-15-9-12-18(11-6-10-17-15)13-14-19-16-7-4-3-5-8-16/h15-17H,2-14H2,1H3. The normalized spacial score (nSPS) is 27.9. The molecule has 0 aromatic rings. The summed E-state index contributed by atoms with van der Waals surface area (Å²) in [6, 6.07) is 0.724. The van der Waals surface area contributed by atoms with Gasteiger partial charge in [0.1, 0.15) is 0 Å². The molecular weight excluding hydrogens is 236 g/mol. The molecule has 0 aromatic carbocycles. The predicted octanol–water partition coefficient (Wildman–Crippen LogP) is 2.80. The minimum atomic E-state index is 0.563. The van der Waals surface area contributed by atoms with Gasteiger partial charge in [0.05, 0.1) is 12.7 Å². The lowest BCUT2D eigenvalue weighted by atomic mass is 9.98. The van der Waals surface area contributed by atoms with Crippen molar-refractivity contribution in [3.8, 4) is 0 Å². The van der Waals surface area contributed by atoms with Gasteiger partial charge in [-0.2, -0.15) is 0 Å². The molecule has 1 saturated heterocycles. The Kier molecular flexibility index (Phi) is 7.18. The number of nitrogens with zero attached hydrogens (tertiary/aromatic N) is 1. The zero-order valence-electron chi connectivity index (χ0n) is 12.7. The summed E-state index contributed by atoms with van der Waals surface area (Å²) in [6.07, 6.45) is 11.1. The molecule has 0 spiro atoms. The maximum atomic E-state index is 6.05. The van der Waals surface area contributed by atoms with E-state index in [1.807, 2.05) is 0 Å². The summed E-state index contributed by atoms with van der Waals surface area (Å²) < 4.78 is 6.05. The molecule has 3 heteroatoms. The Morgan fingerprint density at radius 1 is 1.05 bits per heavy atom. The zero-order valence-corrected chi connectivity index (χ0v) is 12.7. The molecule has 19 heavy (non-hydrogen) atoms. The summed E-state index contributed by atoms with van der Waals surface area (Å²) in [5.41, 5.74) is 0. The highest BCUT2D eigenvalue weighted by atomic mass is 16.5. The molecule has 3 nitrogen and oxygen atoms in total. The third kappa shape index (κ3) is 5.80. The van der Waals surface area contributed by atoms with Gasteiger partial charge in [0.25, 0.3) is 0 Å². The van der Waals surface area contributed by atoms with E-state index in [0.717, 1.165) is 19.2 Å². The quantitative estimate of drug-likeness (QED) is 0.830. The fourth-order valence-corrected chi connectivity index (χ4v) is 3.31. The van der Waals surface area contributed by atoms with Gasteiger partial charge in [-0.25, -0.2) is 0 Å². The molecule has 1 aliphatic heterocycles. The van der Waals surface area contributed by atoms with Crippen molar-refractivity contribution in [1.82, 2.24) is 10.2 Å². The number of hydrogen-bond acceptors (Lipinski definition) is 3. The molecule has 0 aromatic heterocycles. The van der Waals surface area contributed by atoms with E-state index in [2.05, 4.69) is 17.1 Å². The van der Waals surface area contributed by atoms with Gasteiger partial charge < -0.3 is 15.0 Å². The van der Waals surface area contributed by atoms with Crippen molar-refractivity contribution in [1.29, 1.82) is 0 Å². The van der Waals surface area contributed by atoms with Crippen LogP contribution in [0.4, 0.5) is 0 Å². The van der Waals surface area contributed by atoms with Crippen molar-refractivity contribution in [2.24, 2.45) is 0 Å². The van der Waals surface area contributed by atoms with Crippen LogP contribution in [0.1, 0.15) is 58.3 Å². The molecule has 0 radical (unpaired) electrons. The van der Waals surface area contributed by atoms with Crippen LogP contribution < -0.4 is 5.32 Å². The van der Waals surface area contributed by atoms with E-state index < -0.39 is 0 Å². The maximum absolute atomic E-state index is 6.05. The van der Waals surface area contributed by atoms with Gasteiger partial charge in [-0.15, -0.1) is 0 Å². The second-order valence-electron chi connectivity index (χ2n) is 6.17. The summed E-state index contributed by atoms with van der Waals surface area (Å²) in [5.74, 6) is 0. The molecule has 1 atom stereocenters. The van der Waals surface area contributed by atoms with Gasteiger partial charge >= 0.3 is 0 Å². The SMILES string of the molecule is CCC1CCN(CCOC2CCCCC2)CCCN1. The monoisotopic (exact) mass is 268 g/mol. The predicted molar refractivity (Wildman–Crippen MR) is 80.6 cm³/mol. The van der Waals surface area contributed by atoms with Crippen molar-refractivity contribution in [2.45, 2.75) is 70.4 Å². The number of ether oxygens (including phenoxy) is 1. The van der Waals surface area contributed by atoms with Crippen molar-refractivity contribution in [3.63, 3.8) is 0 Å². The third-order valence-corrected chi connectivity index (χ3v) is 4.68. The Balaban J connectivity index is 1.60. The molecule has 0 amide bonds. The van der Waals surface area contributed by atoms with E-state index in [1.165, 1.54) is 71.0 Å². The molecular formula is C16H32N2O. The van der Waals surface area contributed by atoms with Crippen molar-refractivity contribution >= 4 is 0 Å². The van der Waals surface area contributed by atoms with E-state index in [1.54, 1.807) is 0 Å². The number of nitrogens with one attached hydrogen (secondary N) is 1. The summed E-state index contributed by atoms with van der Waals surface area (Å²) >= 11 is 0. The first-order valence-corrected chi connectivity index (χ1v) is 8.46. The summed E-state index contributed by atoms with van der Waals surface area (Å²) in [4.78, 5) is 2.60. The highest BCUT2D eigenvalue weighted by molar-refractivity contribution is 4.72. The average molecular weight is 268 g/mol. The van der Waals surface area contributed by atoms with Crippen LogP contribution in [0, 0.1) is 0 Å². The molecule has 1 saturated carbocycles. The Morgan fingerprint density at radius 2 is 1.89 bits per heavy atom. The molecule has 2 aliphatic rings. The fourth-order valence-electron chi connectivity index (χ4n) is 3.31. The molecule has 0 bridgehead atoms. The van der Waals surface area contributed by atoms with E-state index >= 15 is 0 Å². The van der Waals surface area contributed by atoms with Crippen LogP contribution in [0.25, 0.3) is 0 Å². The van der Waals surface area contributed by atoms with Gasteiger partial charge in [-0.3, -0.25) is 0 Å². The number of rotatable bonds is 5. The largest absolute Gasteiger partial charge is 0.377 e. The molecule has 2 rings (SSSR count). The maximum Gasteiger partial charge on any atom is 0.0597 e. The number of hydrogen-bond donors (Lipinski definition) is 1. The lowest BCUT2D eigenvalue weighted by molar-refractivity contribution is 0.0150. The van der Waals surface area contributed by atoms with E-state index in [4.69, 9.17) is 4.74 Å². The van der Waals surface area contributed by atoms with E-state index in [-0.39, 0.29) is 0 Å². The molecule has 1 N–H and O–H groups in total. The van der Waals surface area contributed by atoms with Crippen molar-refractivity contribution in [2.75, 3.05) is 32.8 Å². The third-order valence-electron chi connectivity index (χ3n) is 4.68. The van der Waals surface area contributed by atoms with Crippen LogP contribution in [0.3, 0.4) is 0 Å². The second kappa shape index (κ2) is 8.93. The van der Waals surface area contributed by atoms with Crippen LogP contribution in [-0.4, -0.2) is 49.8 Å². The van der Waals surface area contributed by atoms with Gasteiger partial charge in [-0.1, -0.05) is 26.2 Å². The van der Waals surface area contributed by atoms with Crippen LogP contribution in [-0.2, 0) is 4.74 Å². The van der Waals surface area contributed by atoms with Gasteiger partial charge in [0.15, 0.2) is 0 Å². The molecule has 2 fully saturated rings. The molecule has 1 aliphatic carbocycles. The van der Waals surface area contributed by atoms with Crippen molar-refractivity contribution < 1.29 is 4.74 Å². The van der Waals surface area contributed by atoms with Crippen LogP contribution >= 0.6 is 0 Å². The van der Waals surface area contributed by atoms with Gasteiger partial charge in [0.2, 0.25) is 0 Å². The Labute approximate surface area is 119 Å². The van der Waals surface area contributed by atoms with Crippen LogP contribution in [0.2, 0.25) is 0 Å². The smallest absolute Gasteiger partial charge is 0.0597 e. The zero-order chi connectivity index (χ0) is 13.3. The van der Waals surface area contributed by atoms with E-state index in [0.29, 0.717) is 6.10 Å². The summed E-state index contributed by atoms with van der Waals surface area (Å²) in [6.45, 7) is 8.01. The highest BCUT2D eigenvalue weighted by Crippen LogP contribution is 2.20. The first kappa shape index (κ1) is 15.3. The first-order chi connectivity index (χ1) is 9.38. The lowest BCUT2D eigenvalue weighted by Gasteiger charge is -2.29.